The molecule has 0 atom stereocenters. The van der Waals surface area contributed by atoms with Crippen molar-refractivity contribution >= 4 is 10.9 Å². The van der Waals surface area contributed by atoms with Crippen LogP contribution in [0.4, 0.5) is 4.39 Å². The van der Waals surface area contributed by atoms with Crippen LogP contribution in [0.2, 0.25) is 0 Å². The van der Waals surface area contributed by atoms with Gasteiger partial charge in [-0.05, 0) is 55.8 Å². The van der Waals surface area contributed by atoms with E-state index in [2.05, 4.69) is 29.5 Å². The van der Waals surface area contributed by atoms with Crippen LogP contribution in [-0.2, 0) is 13.1 Å². The van der Waals surface area contributed by atoms with Crippen LogP contribution in [0.3, 0.4) is 0 Å². The molecule has 30 heavy (non-hydrogen) atoms. The van der Waals surface area contributed by atoms with Crippen LogP contribution in [0, 0.1) is 19.7 Å². The van der Waals surface area contributed by atoms with Gasteiger partial charge in [0.1, 0.15) is 11.6 Å². The molecule has 2 heterocycles. The van der Waals surface area contributed by atoms with Crippen molar-refractivity contribution in [3.63, 3.8) is 0 Å². The molecule has 0 fully saturated rings. The van der Waals surface area contributed by atoms with E-state index in [1.54, 1.807) is 13.2 Å². The van der Waals surface area contributed by atoms with E-state index in [1.807, 2.05) is 35.9 Å². The van der Waals surface area contributed by atoms with E-state index >= 15 is 0 Å². The Hall–Kier alpha value is -3.25. The third-order valence-electron chi connectivity index (χ3n) is 5.12. The average molecular weight is 404 g/mol. The molecular weight excluding hydrogens is 379 g/mol. The van der Waals surface area contributed by atoms with Crippen molar-refractivity contribution in [3.05, 3.63) is 77.4 Å². The van der Waals surface area contributed by atoms with E-state index in [1.165, 1.54) is 12.1 Å². The molecule has 4 aromatic rings. The third kappa shape index (κ3) is 4.33. The highest BCUT2D eigenvalue weighted by Gasteiger charge is 2.11. The summed E-state index contributed by atoms with van der Waals surface area (Å²) in [5.74, 6) is 0.472. The fourth-order valence-electron chi connectivity index (χ4n) is 3.65. The number of hydrogen-bond donors (Lipinski definition) is 1. The summed E-state index contributed by atoms with van der Waals surface area (Å²) in [5.41, 5.74) is 5.64. The van der Waals surface area contributed by atoms with Gasteiger partial charge in [-0.1, -0.05) is 12.1 Å². The van der Waals surface area contributed by atoms with Crippen molar-refractivity contribution in [2.24, 2.45) is 0 Å². The Morgan fingerprint density at radius 3 is 2.70 bits per heavy atom. The molecule has 0 aliphatic heterocycles. The maximum atomic E-state index is 13.8. The van der Waals surface area contributed by atoms with Gasteiger partial charge in [0.2, 0.25) is 0 Å². The molecule has 1 N–H and O–H groups in total. The van der Waals surface area contributed by atoms with Gasteiger partial charge in [0.15, 0.2) is 0 Å². The summed E-state index contributed by atoms with van der Waals surface area (Å²) in [6, 6.07) is 16.6. The Bertz CT molecular complexity index is 1190. The standard InChI is InChI=1S/C24H25FN4O/c1-16-11-17(2)29(28-16)10-9-26-15-20-12-18-7-8-21(25)14-23(18)27-24(20)19-5-4-6-22(13-19)30-3/h4-8,11-14,26H,9-10,15H2,1-3H3. The molecule has 0 spiro atoms. The lowest BCUT2D eigenvalue weighted by molar-refractivity contribution is 0.415. The van der Waals surface area contributed by atoms with Gasteiger partial charge in [0, 0.05) is 35.8 Å². The minimum Gasteiger partial charge on any atom is -0.497 e. The van der Waals surface area contributed by atoms with Crippen LogP contribution in [0.25, 0.3) is 22.2 Å². The Kier molecular flexibility index (Phi) is 5.77. The second-order valence-electron chi connectivity index (χ2n) is 7.39. The van der Waals surface area contributed by atoms with E-state index in [0.717, 1.165) is 52.4 Å². The highest BCUT2D eigenvalue weighted by Crippen LogP contribution is 2.28. The van der Waals surface area contributed by atoms with E-state index in [-0.39, 0.29) is 5.82 Å². The van der Waals surface area contributed by atoms with Crippen molar-refractivity contribution < 1.29 is 9.13 Å². The number of pyridine rings is 1. The van der Waals surface area contributed by atoms with Gasteiger partial charge in [0.25, 0.3) is 0 Å². The van der Waals surface area contributed by atoms with Crippen LogP contribution in [0.5, 0.6) is 5.75 Å². The molecule has 0 unspecified atom stereocenters. The molecule has 5 nitrogen and oxygen atoms in total. The second-order valence-corrected chi connectivity index (χ2v) is 7.39. The summed E-state index contributed by atoms with van der Waals surface area (Å²) < 4.78 is 21.1. The average Bonchev–Trinajstić information content (AvgIpc) is 3.07. The zero-order chi connectivity index (χ0) is 21.1. The topological polar surface area (TPSA) is 52.0 Å². The van der Waals surface area contributed by atoms with Gasteiger partial charge >= 0.3 is 0 Å². The second kappa shape index (κ2) is 8.63. The summed E-state index contributed by atoms with van der Waals surface area (Å²) in [5, 5.41) is 8.91. The summed E-state index contributed by atoms with van der Waals surface area (Å²) in [7, 11) is 1.64. The first-order chi connectivity index (χ1) is 14.5. The number of nitrogens with zero attached hydrogens (tertiary/aromatic N) is 3. The van der Waals surface area contributed by atoms with E-state index in [4.69, 9.17) is 9.72 Å². The van der Waals surface area contributed by atoms with Gasteiger partial charge in [-0.15, -0.1) is 0 Å². The molecule has 0 amide bonds. The molecule has 154 valence electrons. The van der Waals surface area contributed by atoms with Crippen LogP contribution >= 0.6 is 0 Å². The lowest BCUT2D eigenvalue weighted by Crippen LogP contribution is -2.21. The number of aryl methyl sites for hydroxylation is 2. The highest BCUT2D eigenvalue weighted by molar-refractivity contribution is 5.83. The van der Waals surface area contributed by atoms with Crippen LogP contribution in [0.15, 0.2) is 54.6 Å². The SMILES string of the molecule is COc1cccc(-c2nc3cc(F)ccc3cc2CNCCn2nc(C)cc2C)c1. The van der Waals surface area contributed by atoms with Crippen molar-refractivity contribution in [2.75, 3.05) is 13.7 Å². The number of ether oxygens (including phenoxy) is 1. The molecular formula is C24H25FN4O. The monoisotopic (exact) mass is 404 g/mol. The predicted octanol–water partition coefficient (Wildman–Crippen LogP) is 4.65. The van der Waals surface area contributed by atoms with Crippen molar-refractivity contribution in [1.82, 2.24) is 20.1 Å². The van der Waals surface area contributed by atoms with E-state index in [9.17, 15) is 4.39 Å². The normalized spacial score (nSPS) is 11.2. The zero-order valence-electron chi connectivity index (χ0n) is 17.4. The summed E-state index contributed by atoms with van der Waals surface area (Å²) in [6.45, 7) is 6.28. The quantitative estimate of drug-likeness (QED) is 0.456. The lowest BCUT2D eigenvalue weighted by Gasteiger charge is -2.13. The first-order valence-corrected chi connectivity index (χ1v) is 9.99. The molecule has 0 radical (unpaired) electrons. The summed E-state index contributed by atoms with van der Waals surface area (Å²) in [4.78, 5) is 4.78. The van der Waals surface area contributed by atoms with Gasteiger partial charge < -0.3 is 10.1 Å². The molecule has 2 aromatic heterocycles. The Labute approximate surface area is 175 Å². The Morgan fingerprint density at radius 2 is 1.93 bits per heavy atom. The molecule has 0 saturated carbocycles. The lowest BCUT2D eigenvalue weighted by atomic mass is 10.0. The number of methoxy groups -OCH3 is 1. The molecule has 0 saturated heterocycles. The number of benzene rings is 2. The minimum absolute atomic E-state index is 0.289. The third-order valence-corrected chi connectivity index (χ3v) is 5.12. The smallest absolute Gasteiger partial charge is 0.125 e. The van der Waals surface area contributed by atoms with Crippen molar-refractivity contribution in [3.8, 4) is 17.0 Å². The predicted molar refractivity (Wildman–Crippen MR) is 117 cm³/mol. The molecule has 0 aliphatic carbocycles. The first kappa shape index (κ1) is 20.0. The van der Waals surface area contributed by atoms with Gasteiger partial charge in [-0.2, -0.15) is 5.10 Å². The van der Waals surface area contributed by atoms with Crippen LogP contribution < -0.4 is 10.1 Å². The number of nitrogens with one attached hydrogen (secondary N) is 1. The molecule has 6 heteroatoms. The number of fused-ring (bicyclic) bond motifs is 1. The fourth-order valence-corrected chi connectivity index (χ4v) is 3.65. The molecule has 4 rings (SSSR count). The number of hydrogen-bond acceptors (Lipinski definition) is 4. The van der Waals surface area contributed by atoms with Gasteiger partial charge in [-0.25, -0.2) is 9.37 Å². The van der Waals surface area contributed by atoms with Gasteiger partial charge in [-0.3, -0.25) is 4.68 Å². The zero-order valence-corrected chi connectivity index (χ0v) is 17.4. The van der Waals surface area contributed by atoms with E-state index < -0.39 is 0 Å². The minimum atomic E-state index is -0.289. The summed E-state index contributed by atoms with van der Waals surface area (Å²) >= 11 is 0. The largest absolute Gasteiger partial charge is 0.497 e. The first-order valence-electron chi connectivity index (χ1n) is 9.99. The molecule has 0 aliphatic rings. The molecule has 2 aromatic carbocycles. The number of rotatable bonds is 7. The van der Waals surface area contributed by atoms with Crippen LogP contribution in [-0.4, -0.2) is 28.4 Å². The summed E-state index contributed by atoms with van der Waals surface area (Å²) in [6.07, 6.45) is 0. The molecule has 0 bridgehead atoms. The van der Waals surface area contributed by atoms with Gasteiger partial charge in [0.05, 0.1) is 30.6 Å². The maximum Gasteiger partial charge on any atom is 0.125 e. The number of aromatic nitrogens is 3. The Morgan fingerprint density at radius 1 is 1.07 bits per heavy atom. The van der Waals surface area contributed by atoms with Crippen LogP contribution in [0.1, 0.15) is 17.0 Å². The highest BCUT2D eigenvalue weighted by atomic mass is 19.1. The van der Waals surface area contributed by atoms with E-state index in [0.29, 0.717) is 12.1 Å². The fraction of sp³-hybridized carbons (Fsp3) is 0.250. The van der Waals surface area contributed by atoms with Crippen molar-refractivity contribution in [1.29, 1.82) is 0 Å². The Balaban J connectivity index is 1.61. The number of halogens is 1. The van der Waals surface area contributed by atoms with Crippen molar-refractivity contribution in [2.45, 2.75) is 26.9 Å². The maximum absolute atomic E-state index is 13.8.